The number of thioether (sulfide) groups is 1. The Balaban J connectivity index is 1.54. The van der Waals surface area contributed by atoms with Crippen LogP contribution in [0.3, 0.4) is 0 Å². The number of rotatable bonds is 8. The number of carbonyl (C=O) groups is 1. The van der Waals surface area contributed by atoms with Crippen molar-refractivity contribution in [3.05, 3.63) is 77.4 Å². The second-order valence-electron chi connectivity index (χ2n) is 9.62. The minimum Gasteiger partial charge on any atom is -0.339 e. The number of sulfonamides is 2. The van der Waals surface area contributed by atoms with Gasteiger partial charge in [-0.05, 0) is 92.6 Å². The van der Waals surface area contributed by atoms with Crippen LogP contribution in [0.1, 0.15) is 47.2 Å². The average molecular weight is 588 g/mol. The van der Waals surface area contributed by atoms with Crippen molar-refractivity contribution in [1.29, 1.82) is 0 Å². The molecule has 0 radical (unpaired) electrons. The summed E-state index contributed by atoms with van der Waals surface area (Å²) in [4.78, 5) is 15.8. The topological polar surface area (TPSA) is 113 Å². The number of aryl methyl sites for hydroxylation is 2. The molecule has 3 aromatic carbocycles. The monoisotopic (exact) mass is 587 g/mol. The zero-order valence-corrected chi connectivity index (χ0v) is 24.7. The molecule has 0 unspecified atom stereocenters. The SMILES string of the molecule is CSc1ccc(S(=O)(=O)Nc2ccc(S(=O)(=O)Nc3cc(C)ccc3C)cc2)cc1C(=O)N1CCCCCC1. The molecule has 0 aliphatic carbocycles. The standard InChI is InChI=1S/C28H33N3O5S3/c1-20-8-9-21(2)26(18-20)30-38(33,34)23-12-10-22(11-13-23)29-39(35,36)24-14-15-27(37-3)25(19-24)28(32)31-16-6-4-5-7-17-31/h8-15,18-19,29-30H,4-7,16-17H2,1-3H3. The highest BCUT2D eigenvalue weighted by atomic mass is 32.2. The lowest BCUT2D eigenvalue weighted by atomic mass is 10.1. The number of hydrogen-bond donors (Lipinski definition) is 2. The summed E-state index contributed by atoms with van der Waals surface area (Å²) in [5.74, 6) is -0.163. The van der Waals surface area contributed by atoms with Gasteiger partial charge in [0.2, 0.25) is 0 Å². The van der Waals surface area contributed by atoms with E-state index in [4.69, 9.17) is 0 Å². The first-order valence-corrected chi connectivity index (χ1v) is 16.9. The fourth-order valence-corrected chi connectivity index (χ4v) is 7.21. The van der Waals surface area contributed by atoms with Crippen LogP contribution >= 0.6 is 11.8 Å². The van der Waals surface area contributed by atoms with E-state index in [2.05, 4.69) is 9.44 Å². The van der Waals surface area contributed by atoms with Crippen molar-refractivity contribution < 1.29 is 21.6 Å². The second kappa shape index (κ2) is 12.0. The lowest BCUT2D eigenvalue weighted by Crippen LogP contribution is -2.32. The van der Waals surface area contributed by atoms with E-state index in [0.717, 1.165) is 36.8 Å². The van der Waals surface area contributed by atoms with E-state index in [1.165, 1.54) is 48.2 Å². The lowest BCUT2D eigenvalue weighted by molar-refractivity contribution is 0.0758. The van der Waals surface area contributed by atoms with Crippen LogP contribution in [0.5, 0.6) is 0 Å². The summed E-state index contributed by atoms with van der Waals surface area (Å²) in [6.45, 7) is 5.01. The number of amides is 1. The summed E-state index contributed by atoms with van der Waals surface area (Å²) >= 11 is 1.40. The Bertz CT molecular complexity index is 1560. The van der Waals surface area contributed by atoms with Gasteiger partial charge in [-0.15, -0.1) is 11.8 Å². The fraction of sp³-hybridized carbons (Fsp3) is 0.321. The molecule has 1 amide bonds. The Morgan fingerprint density at radius 2 is 1.38 bits per heavy atom. The van der Waals surface area contributed by atoms with Gasteiger partial charge in [0.25, 0.3) is 26.0 Å². The first-order valence-electron chi connectivity index (χ1n) is 12.7. The van der Waals surface area contributed by atoms with Gasteiger partial charge in [0.1, 0.15) is 0 Å². The largest absolute Gasteiger partial charge is 0.339 e. The van der Waals surface area contributed by atoms with Crippen molar-refractivity contribution in [3.63, 3.8) is 0 Å². The van der Waals surface area contributed by atoms with E-state index in [9.17, 15) is 21.6 Å². The second-order valence-corrected chi connectivity index (χ2v) is 13.8. The van der Waals surface area contributed by atoms with Crippen LogP contribution in [-0.4, -0.2) is 47.0 Å². The van der Waals surface area contributed by atoms with E-state index in [-0.39, 0.29) is 21.4 Å². The first kappa shape index (κ1) is 29.0. The van der Waals surface area contributed by atoms with Gasteiger partial charge >= 0.3 is 0 Å². The number of carbonyl (C=O) groups excluding carboxylic acids is 1. The maximum atomic E-state index is 13.3. The quantitative estimate of drug-likeness (QED) is 0.330. The zero-order chi connectivity index (χ0) is 28.2. The molecule has 39 heavy (non-hydrogen) atoms. The minimum absolute atomic E-state index is 0.000936. The summed E-state index contributed by atoms with van der Waals surface area (Å²) in [6.07, 6.45) is 5.89. The van der Waals surface area contributed by atoms with Crippen molar-refractivity contribution in [2.75, 3.05) is 28.8 Å². The summed E-state index contributed by atoms with van der Waals surface area (Å²) in [7, 11) is -7.91. The van der Waals surface area contributed by atoms with Crippen molar-refractivity contribution >= 4 is 49.1 Å². The third-order valence-corrected chi connectivity index (χ3v) is 10.2. The highest BCUT2D eigenvalue weighted by Crippen LogP contribution is 2.28. The van der Waals surface area contributed by atoms with Crippen LogP contribution in [0, 0.1) is 13.8 Å². The molecular formula is C28H33N3O5S3. The first-order chi connectivity index (χ1) is 18.5. The number of nitrogens with one attached hydrogen (secondary N) is 2. The molecule has 0 spiro atoms. The summed E-state index contributed by atoms with van der Waals surface area (Å²) in [5, 5.41) is 0. The van der Waals surface area contributed by atoms with Crippen LogP contribution in [0.25, 0.3) is 0 Å². The summed E-state index contributed by atoms with van der Waals surface area (Å²) < 4.78 is 57.4. The Morgan fingerprint density at radius 3 is 2.03 bits per heavy atom. The Kier molecular flexibility index (Phi) is 8.93. The molecule has 1 heterocycles. The van der Waals surface area contributed by atoms with Crippen molar-refractivity contribution in [2.45, 2.75) is 54.2 Å². The van der Waals surface area contributed by atoms with E-state index in [1.807, 2.05) is 32.2 Å². The van der Waals surface area contributed by atoms with Gasteiger partial charge < -0.3 is 4.90 Å². The van der Waals surface area contributed by atoms with E-state index >= 15 is 0 Å². The van der Waals surface area contributed by atoms with E-state index < -0.39 is 20.0 Å². The molecule has 11 heteroatoms. The van der Waals surface area contributed by atoms with Gasteiger partial charge in [0.15, 0.2) is 0 Å². The summed E-state index contributed by atoms with van der Waals surface area (Å²) in [6, 6.07) is 15.5. The molecule has 1 aliphatic rings. The Morgan fingerprint density at radius 1 is 0.769 bits per heavy atom. The number of likely N-dealkylation sites (tertiary alicyclic amines) is 1. The Hall–Kier alpha value is -3.02. The number of nitrogens with zero attached hydrogens (tertiary/aromatic N) is 1. The van der Waals surface area contributed by atoms with Crippen molar-refractivity contribution in [3.8, 4) is 0 Å². The molecule has 0 bridgehead atoms. The van der Waals surface area contributed by atoms with Crippen LogP contribution in [0.4, 0.5) is 11.4 Å². The van der Waals surface area contributed by atoms with Gasteiger partial charge in [-0.1, -0.05) is 25.0 Å². The maximum absolute atomic E-state index is 13.3. The molecule has 8 nitrogen and oxygen atoms in total. The van der Waals surface area contributed by atoms with Crippen LogP contribution in [-0.2, 0) is 20.0 Å². The number of benzene rings is 3. The van der Waals surface area contributed by atoms with Gasteiger partial charge in [-0.3, -0.25) is 14.2 Å². The molecule has 2 N–H and O–H groups in total. The molecule has 0 atom stereocenters. The van der Waals surface area contributed by atoms with Gasteiger partial charge in [-0.25, -0.2) is 16.8 Å². The number of anilines is 2. The summed E-state index contributed by atoms with van der Waals surface area (Å²) in [5.41, 5.74) is 2.76. The lowest BCUT2D eigenvalue weighted by Gasteiger charge is -2.22. The van der Waals surface area contributed by atoms with Crippen LogP contribution < -0.4 is 9.44 Å². The normalized spacial score (nSPS) is 14.5. The third-order valence-electron chi connectivity index (χ3n) is 6.66. The molecule has 1 aliphatic heterocycles. The van der Waals surface area contributed by atoms with Gasteiger partial charge in [0.05, 0.1) is 21.0 Å². The average Bonchev–Trinajstić information content (AvgIpc) is 3.20. The highest BCUT2D eigenvalue weighted by molar-refractivity contribution is 7.98. The Labute approximate surface area is 235 Å². The van der Waals surface area contributed by atoms with Crippen molar-refractivity contribution in [1.82, 2.24) is 4.90 Å². The predicted molar refractivity (Wildman–Crippen MR) is 157 cm³/mol. The van der Waals surface area contributed by atoms with Crippen molar-refractivity contribution in [2.24, 2.45) is 0 Å². The molecular weight excluding hydrogens is 555 g/mol. The smallest absolute Gasteiger partial charge is 0.261 e. The molecule has 0 saturated carbocycles. The van der Waals surface area contributed by atoms with Crippen LogP contribution in [0.15, 0.2) is 75.4 Å². The van der Waals surface area contributed by atoms with E-state index in [1.54, 1.807) is 17.0 Å². The van der Waals surface area contributed by atoms with Gasteiger partial charge in [0, 0.05) is 23.7 Å². The molecule has 1 fully saturated rings. The molecule has 0 aromatic heterocycles. The molecule has 208 valence electrons. The fourth-order valence-electron chi connectivity index (χ4n) is 4.43. The van der Waals surface area contributed by atoms with Gasteiger partial charge in [-0.2, -0.15) is 0 Å². The molecule has 1 saturated heterocycles. The molecule has 4 rings (SSSR count). The highest BCUT2D eigenvalue weighted by Gasteiger charge is 2.24. The number of hydrogen-bond acceptors (Lipinski definition) is 6. The predicted octanol–water partition coefficient (Wildman–Crippen LogP) is 5.64. The zero-order valence-electron chi connectivity index (χ0n) is 22.2. The molecule has 3 aromatic rings. The third kappa shape index (κ3) is 6.95. The van der Waals surface area contributed by atoms with Crippen LogP contribution in [0.2, 0.25) is 0 Å². The maximum Gasteiger partial charge on any atom is 0.261 e. The van der Waals surface area contributed by atoms with E-state index in [0.29, 0.717) is 29.2 Å². The minimum atomic E-state index is -4.03.